The first-order valence-electron chi connectivity index (χ1n) is 6.54. The van der Waals surface area contributed by atoms with Crippen molar-refractivity contribution in [3.05, 3.63) is 30.0 Å². The zero-order valence-electron chi connectivity index (χ0n) is 12.2. The van der Waals surface area contributed by atoms with Crippen LogP contribution in [0.5, 0.6) is 0 Å². The van der Waals surface area contributed by atoms with Gasteiger partial charge in [0.2, 0.25) is 0 Å². The SMILES string of the molecule is COC(=O)CC(C)S(=O)(=O)Cc1nn(C)c2ccccc12. The second kappa shape index (κ2) is 5.85. The molecule has 7 heteroatoms. The lowest BCUT2D eigenvalue weighted by atomic mass is 10.2. The van der Waals surface area contributed by atoms with Gasteiger partial charge in [0.15, 0.2) is 9.84 Å². The monoisotopic (exact) mass is 310 g/mol. The molecule has 1 unspecified atom stereocenters. The average molecular weight is 310 g/mol. The van der Waals surface area contributed by atoms with Gasteiger partial charge in [0.1, 0.15) is 0 Å². The van der Waals surface area contributed by atoms with Crippen LogP contribution in [0.1, 0.15) is 19.0 Å². The molecule has 1 aromatic carbocycles. The summed E-state index contributed by atoms with van der Waals surface area (Å²) in [7, 11) is -0.455. The number of esters is 1. The number of methoxy groups -OCH3 is 1. The first kappa shape index (κ1) is 15.5. The summed E-state index contributed by atoms with van der Waals surface area (Å²) in [4.78, 5) is 11.2. The highest BCUT2D eigenvalue weighted by atomic mass is 32.2. The Morgan fingerprint density at radius 3 is 2.71 bits per heavy atom. The van der Waals surface area contributed by atoms with Crippen molar-refractivity contribution >= 4 is 26.7 Å². The predicted octanol–water partition coefficient (Wildman–Crippen LogP) is 1.44. The lowest BCUT2D eigenvalue weighted by Gasteiger charge is -2.10. The maximum Gasteiger partial charge on any atom is 0.306 e. The molecule has 0 saturated carbocycles. The van der Waals surface area contributed by atoms with Crippen molar-refractivity contribution in [1.29, 1.82) is 0 Å². The number of para-hydroxylation sites is 1. The van der Waals surface area contributed by atoms with Crippen molar-refractivity contribution < 1.29 is 17.9 Å². The lowest BCUT2D eigenvalue weighted by molar-refractivity contribution is -0.140. The van der Waals surface area contributed by atoms with Crippen molar-refractivity contribution in [2.75, 3.05) is 7.11 Å². The van der Waals surface area contributed by atoms with Gasteiger partial charge in [0.25, 0.3) is 0 Å². The number of sulfone groups is 1. The molecule has 1 aromatic heterocycles. The first-order valence-corrected chi connectivity index (χ1v) is 8.25. The molecule has 114 valence electrons. The van der Waals surface area contributed by atoms with Crippen LogP contribution in [0, 0.1) is 0 Å². The number of hydrogen-bond acceptors (Lipinski definition) is 5. The summed E-state index contributed by atoms with van der Waals surface area (Å²) in [5.41, 5.74) is 1.38. The van der Waals surface area contributed by atoms with Crippen LogP contribution in [0.3, 0.4) is 0 Å². The van der Waals surface area contributed by atoms with E-state index in [1.165, 1.54) is 14.0 Å². The van der Waals surface area contributed by atoms with Gasteiger partial charge in [-0.2, -0.15) is 5.10 Å². The molecule has 6 nitrogen and oxygen atoms in total. The maximum atomic E-state index is 12.3. The topological polar surface area (TPSA) is 78.3 Å². The molecular formula is C14H18N2O4S. The number of hydrogen-bond donors (Lipinski definition) is 0. The fraction of sp³-hybridized carbons (Fsp3) is 0.429. The van der Waals surface area contributed by atoms with Crippen LogP contribution in [0.4, 0.5) is 0 Å². The van der Waals surface area contributed by atoms with E-state index in [0.29, 0.717) is 5.69 Å². The average Bonchev–Trinajstić information content (AvgIpc) is 2.75. The summed E-state index contributed by atoms with van der Waals surface area (Å²) in [6.45, 7) is 1.51. The van der Waals surface area contributed by atoms with Crippen molar-refractivity contribution in [3.8, 4) is 0 Å². The van der Waals surface area contributed by atoms with E-state index in [2.05, 4.69) is 9.84 Å². The Labute approximate surface area is 123 Å². The molecular weight excluding hydrogens is 292 g/mol. The van der Waals surface area contributed by atoms with Crippen LogP contribution in [-0.4, -0.2) is 36.5 Å². The molecule has 0 aliphatic carbocycles. The molecule has 2 aromatic rings. The highest BCUT2D eigenvalue weighted by Crippen LogP contribution is 2.21. The van der Waals surface area contributed by atoms with Crippen molar-refractivity contribution in [1.82, 2.24) is 9.78 Å². The smallest absolute Gasteiger partial charge is 0.306 e. The molecule has 0 amide bonds. The molecule has 1 heterocycles. The number of benzene rings is 1. The fourth-order valence-corrected chi connectivity index (χ4v) is 3.44. The van der Waals surface area contributed by atoms with Gasteiger partial charge in [-0.25, -0.2) is 8.42 Å². The summed E-state index contributed by atoms with van der Waals surface area (Å²) in [5, 5.41) is 4.29. The number of carbonyl (C=O) groups excluding carboxylic acids is 1. The predicted molar refractivity (Wildman–Crippen MR) is 79.4 cm³/mol. The molecule has 1 atom stereocenters. The van der Waals surface area contributed by atoms with E-state index in [9.17, 15) is 13.2 Å². The molecule has 0 N–H and O–H groups in total. The minimum Gasteiger partial charge on any atom is -0.469 e. The largest absolute Gasteiger partial charge is 0.469 e. The van der Waals surface area contributed by atoms with Gasteiger partial charge in [0, 0.05) is 12.4 Å². The fourth-order valence-electron chi connectivity index (χ4n) is 2.17. The standard InChI is InChI=1S/C14H18N2O4S/c1-10(8-14(17)20-3)21(18,19)9-12-11-6-4-5-7-13(11)16(2)15-12/h4-7,10H,8-9H2,1-3H3. The summed E-state index contributed by atoms with van der Waals surface area (Å²) < 4.78 is 30.9. The van der Waals surface area contributed by atoms with Gasteiger partial charge in [-0.15, -0.1) is 0 Å². The number of fused-ring (bicyclic) bond motifs is 1. The van der Waals surface area contributed by atoms with E-state index in [4.69, 9.17) is 0 Å². The van der Waals surface area contributed by atoms with E-state index in [1.807, 2.05) is 24.3 Å². The van der Waals surface area contributed by atoms with Crippen molar-refractivity contribution in [3.63, 3.8) is 0 Å². The molecule has 0 saturated heterocycles. The molecule has 0 spiro atoms. The molecule has 0 bridgehead atoms. The van der Waals surface area contributed by atoms with Crippen molar-refractivity contribution in [2.45, 2.75) is 24.3 Å². The van der Waals surface area contributed by atoms with Crippen LogP contribution in [0.15, 0.2) is 24.3 Å². The maximum absolute atomic E-state index is 12.3. The molecule has 2 rings (SSSR count). The van der Waals surface area contributed by atoms with Crippen LogP contribution in [0.25, 0.3) is 10.9 Å². The number of aryl methyl sites for hydroxylation is 1. The Balaban J connectivity index is 2.29. The quantitative estimate of drug-likeness (QED) is 0.781. The molecule has 0 aliphatic rings. The molecule has 21 heavy (non-hydrogen) atoms. The van der Waals surface area contributed by atoms with Gasteiger partial charge < -0.3 is 4.74 Å². The highest BCUT2D eigenvalue weighted by molar-refractivity contribution is 7.91. The van der Waals surface area contributed by atoms with Crippen LogP contribution in [0.2, 0.25) is 0 Å². The van der Waals surface area contributed by atoms with Crippen LogP contribution in [-0.2, 0) is 32.2 Å². The van der Waals surface area contributed by atoms with Crippen LogP contribution < -0.4 is 0 Å². The van der Waals surface area contributed by atoms with E-state index in [1.54, 1.807) is 11.7 Å². The Bertz CT molecular complexity index is 764. The number of nitrogens with zero attached hydrogens (tertiary/aromatic N) is 2. The van der Waals surface area contributed by atoms with Gasteiger partial charge in [-0.3, -0.25) is 9.48 Å². The van der Waals surface area contributed by atoms with E-state index < -0.39 is 21.1 Å². The summed E-state index contributed by atoms with van der Waals surface area (Å²) in [5.74, 6) is -0.719. The highest BCUT2D eigenvalue weighted by Gasteiger charge is 2.26. The third-order valence-corrected chi connectivity index (χ3v) is 5.54. The minimum atomic E-state index is -3.47. The third-order valence-electron chi connectivity index (χ3n) is 3.47. The normalized spacial score (nSPS) is 13.3. The summed E-state index contributed by atoms with van der Waals surface area (Å²) in [6, 6.07) is 7.45. The second-order valence-corrected chi connectivity index (χ2v) is 7.40. The Morgan fingerprint density at radius 2 is 2.05 bits per heavy atom. The van der Waals surface area contributed by atoms with Crippen molar-refractivity contribution in [2.24, 2.45) is 7.05 Å². The van der Waals surface area contributed by atoms with Gasteiger partial charge in [-0.1, -0.05) is 18.2 Å². The summed E-state index contributed by atoms with van der Waals surface area (Å²) >= 11 is 0. The number of carbonyl (C=O) groups is 1. The number of rotatable bonds is 5. The van der Waals surface area contributed by atoms with Gasteiger partial charge in [0.05, 0.1) is 35.7 Å². The Kier molecular flexibility index (Phi) is 4.32. The minimum absolute atomic E-state index is 0.149. The molecule has 0 radical (unpaired) electrons. The van der Waals surface area contributed by atoms with E-state index in [-0.39, 0.29) is 12.2 Å². The third kappa shape index (κ3) is 3.24. The van der Waals surface area contributed by atoms with Gasteiger partial charge in [-0.05, 0) is 13.0 Å². The zero-order valence-corrected chi connectivity index (χ0v) is 13.1. The van der Waals surface area contributed by atoms with E-state index in [0.717, 1.165) is 10.9 Å². The summed E-state index contributed by atoms with van der Waals surface area (Å²) in [6.07, 6.45) is -0.149. The van der Waals surface area contributed by atoms with E-state index >= 15 is 0 Å². The number of ether oxygens (including phenoxy) is 1. The Morgan fingerprint density at radius 1 is 1.38 bits per heavy atom. The second-order valence-electron chi connectivity index (χ2n) is 4.99. The molecule has 0 fully saturated rings. The molecule has 0 aliphatic heterocycles. The van der Waals surface area contributed by atoms with Crippen LogP contribution >= 0.6 is 0 Å². The first-order chi connectivity index (χ1) is 9.85. The lowest BCUT2D eigenvalue weighted by Crippen LogP contribution is -2.23. The zero-order chi connectivity index (χ0) is 15.6. The number of aromatic nitrogens is 2. The Hall–Kier alpha value is -1.89. The van der Waals surface area contributed by atoms with Gasteiger partial charge >= 0.3 is 5.97 Å².